The minimum atomic E-state index is -0.580. The van der Waals surface area contributed by atoms with Gasteiger partial charge in [-0.3, -0.25) is 9.59 Å². The van der Waals surface area contributed by atoms with Gasteiger partial charge in [0.15, 0.2) is 6.61 Å². The predicted octanol–water partition coefficient (Wildman–Crippen LogP) is 2.52. The Bertz CT molecular complexity index is 763. The molecule has 24 heavy (non-hydrogen) atoms. The molecule has 0 fully saturated rings. The first kappa shape index (κ1) is 16.4. The smallest absolute Gasteiger partial charge is 0.255 e. The summed E-state index contributed by atoms with van der Waals surface area (Å²) < 4.78 is 5.34. The Kier molecular flexibility index (Phi) is 5.05. The molecule has 5 nitrogen and oxygen atoms in total. The number of fused-ring (bicyclic) bond motifs is 1. The SMILES string of the molecule is NC(=O)COc1ccccc1C(=O)N[C@@H]1CCSc2ccccc21. The number of hydrogen-bond donors (Lipinski definition) is 2. The molecule has 0 bridgehead atoms. The van der Waals surface area contributed by atoms with Crippen LogP contribution in [0.4, 0.5) is 0 Å². The van der Waals surface area contributed by atoms with Crippen LogP contribution in [0.15, 0.2) is 53.4 Å². The van der Waals surface area contributed by atoms with Gasteiger partial charge in [0, 0.05) is 10.6 Å². The normalized spacial score (nSPS) is 16.1. The van der Waals surface area contributed by atoms with Gasteiger partial charge >= 0.3 is 0 Å². The maximum absolute atomic E-state index is 12.7. The number of nitrogens with two attached hydrogens (primary N) is 1. The van der Waals surface area contributed by atoms with E-state index in [2.05, 4.69) is 11.4 Å². The van der Waals surface area contributed by atoms with Crippen LogP contribution >= 0.6 is 11.8 Å². The zero-order chi connectivity index (χ0) is 16.9. The molecule has 3 N–H and O–H groups in total. The van der Waals surface area contributed by atoms with Crippen LogP contribution in [-0.4, -0.2) is 24.2 Å². The lowest BCUT2D eigenvalue weighted by Crippen LogP contribution is -2.31. The quantitative estimate of drug-likeness (QED) is 0.875. The first-order valence-corrected chi connectivity index (χ1v) is 8.66. The highest BCUT2D eigenvalue weighted by molar-refractivity contribution is 7.99. The first-order valence-electron chi connectivity index (χ1n) is 7.68. The van der Waals surface area contributed by atoms with Gasteiger partial charge in [-0.15, -0.1) is 11.8 Å². The van der Waals surface area contributed by atoms with Gasteiger partial charge in [0.2, 0.25) is 0 Å². The van der Waals surface area contributed by atoms with Crippen LogP contribution in [0.3, 0.4) is 0 Å². The molecular formula is C18H18N2O3S. The minimum absolute atomic E-state index is 0.0286. The molecule has 2 amide bonds. The largest absolute Gasteiger partial charge is 0.483 e. The molecule has 0 unspecified atom stereocenters. The van der Waals surface area contributed by atoms with Crippen LogP contribution in [0.25, 0.3) is 0 Å². The predicted molar refractivity (Wildman–Crippen MR) is 93.1 cm³/mol. The van der Waals surface area contributed by atoms with E-state index in [4.69, 9.17) is 10.5 Å². The van der Waals surface area contributed by atoms with Crippen LogP contribution < -0.4 is 15.8 Å². The second-order valence-corrected chi connectivity index (χ2v) is 6.59. The summed E-state index contributed by atoms with van der Waals surface area (Å²) in [6, 6.07) is 14.9. The van der Waals surface area contributed by atoms with E-state index in [0.717, 1.165) is 17.7 Å². The molecule has 6 heteroatoms. The maximum atomic E-state index is 12.7. The van der Waals surface area contributed by atoms with E-state index < -0.39 is 5.91 Å². The third kappa shape index (κ3) is 3.71. The average Bonchev–Trinajstić information content (AvgIpc) is 2.60. The summed E-state index contributed by atoms with van der Waals surface area (Å²) in [5.41, 5.74) is 6.64. The van der Waals surface area contributed by atoms with Crippen molar-refractivity contribution in [3.8, 4) is 5.75 Å². The van der Waals surface area contributed by atoms with Crippen molar-refractivity contribution in [2.24, 2.45) is 5.73 Å². The van der Waals surface area contributed by atoms with Crippen LogP contribution in [0, 0.1) is 0 Å². The lowest BCUT2D eigenvalue weighted by atomic mass is 10.0. The molecule has 124 valence electrons. The Balaban J connectivity index is 1.78. The zero-order valence-electron chi connectivity index (χ0n) is 13.0. The van der Waals surface area contributed by atoms with E-state index >= 15 is 0 Å². The number of rotatable bonds is 5. The summed E-state index contributed by atoms with van der Waals surface area (Å²) in [6.07, 6.45) is 0.873. The number of nitrogens with one attached hydrogen (secondary N) is 1. The fraction of sp³-hybridized carbons (Fsp3) is 0.222. The summed E-state index contributed by atoms with van der Waals surface area (Å²) in [7, 11) is 0. The Morgan fingerprint density at radius 1 is 1.17 bits per heavy atom. The molecule has 1 aliphatic rings. The molecule has 0 aliphatic carbocycles. The number of carbonyl (C=O) groups is 2. The molecule has 2 aromatic carbocycles. The van der Waals surface area contributed by atoms with Gasteiger partial charge in [0.05, 0.1) is 11.6 Å². The van der Waals surface area contributed by atoms with Gasteiger partial charge < -0.3 is 15.8 Å². The molecule has 0 aromatic heterocycles. The lowest BCUT2D eigenvalue weighted by Gasteiger charge is -2.26. The number of para-hydroxylation sites is 1. The van der Waals surface area contributed by atoms with Crippen molar-refractivity contribution in [1.82, 2.24) is 5.32 Å². The fourth-order valence-corrected chi connectivity index (χ4v) is 3.78. The molecule has 1 heterocycles. The number of primary amides is 1. The van der Waals surface area contributed by atoms with Crippen LogP contribution in [0.2, 0.25) is 0 Å². The number of ether oxygens (including phenoxy) is 1. The number of carbonyl (C=O) groups excluding carboxylic acids is 2. The van der Waals surface area contributed by atoms with Gasteiger partial charge in [-0.2, -0.15) is 0 Å². The topological polar surface area (TPSA) is 81.4 Å². The van der Waals surface area contributed by atoms with Gasteiger partial charge in [-0.25, -0.2) is 0 Å². The molecule has 0 spiro atoms. The van der Waals surface area contributed by atoms with Crippen molar-refractivity contribution in [1.29, 1.82) is 0 Å². The summed E-state index contributed by atoms with van der Waals surface area (Å²) in [4.78, 5) is 24.8. The molecule has 3 rings (SSSR count). The second-order valence-electron chi connectivity index (χ2n) is 5.45. The minimum Gasteiger partial charge on any atom is -0.483 e. The van der Waals surface area contributed by atoms with E-state index in [1.807, 2.05) is 18.2 Å². The molecule has 1 atom stereocenters. The first-order chi connectivity index (χ1) is 11.6. The van der Waals surface area contributed by atoms with Gasteiger partial charge in [-0.05, 0) is 30.2 Å². The molecular weight excluding hydrogens is 324 g/mol. The number of hydrogen-bond acceptors (Lipinski definition) is 4. The van der Waals surface area contributed by atoms with Crippen LogP contribution in [-0.2, 0) is 4.79 Å². The Labute approximate surface area is 144 Å². The Hall–Kier alpha value is -2.47. The van der Waals surface area contributed by atoms with Gasteiger partial charge in [-0.1, -0.05) is 30.3 Å². The van der Waals surface area contributed by atoms with E-state index in [1.54, 1.807) is 36.0 Å². The van der Waals surface area contributed by atoms with Crippen molar-refractivity contribution in [2.45, 2.75) is 17.4 Å². The standard InChI is InChI=1S/C18H18N2O3S/c19-17(21)11-23-15-7-3-1-6-13(15)18(22)20-14-9-10-24-16-8-4-2-5-12(14)16/h1-8,14H,9-11H2,(H2,19,21)(H,20,22)/t14-/m1/s1. The molecule has 0 saturated carbocycles. The highest BCUT2D eigenvalue weighted by Gasteiger charge is 2.23. The molecule has 0 radical (unpaired) electrons. The van der Waals surface area contributed by atoms with E-state index in [9.17, 15) is 9.59 Å². The number of amides is 2. The lowest BCUT2D eigenvalue weighted by molar-refractivity contribution is -0.119. The Morgan fingerprint density at radius 2 is 1.92 bits per heavy atom. The van der Waals surface area contributed by atoms with Crippen molar-refractivity contribution < 1.29 is 14.3 Å². The van der Waals surface area contributed by atoms with Crippen molar-refractivity contribution in [2.75, 3.05) is 12.4 Å². The molecule has 1 aliphatic heterocycles. The molecule has 0 saturated heterocycles. The third-order valence-electron chi connectivity index (χ3n) is 3.77. The van der Waals surface area contributed by atoms with E-state index in [1.165, 1.54) is 4.90 Å². The summed E-state index contributed by atoms with van der Waals surface area (Å²) >= 11 is 1.80. The van der Waals surface area contributed by atoms with Crippen molar-refractivity contribution >= 4 is 23.6 Å². The van der Waals surface area contributed by atoms with E-state index in [0.29, 0.717) is 11.3 Å². The summed E-state index contributed by atoms with van der Waals surface area (Å²) in [5.74, 6) is 0.513. The fourth-order valence-electron chi connectivity index (χ4n) is 2.66. The highest BCUT2D eigenvalue weighted by atomic mass is 32.2. The third-order valence-corrected chi connectivity index (χ3v) is 4.89. The maximum Gasteiger partial charge on any atom is 0.255 e. The number of benzene rings is 2. The van der Waals surface area contributed by atoms with Crippen molar-refractivity contribution in [3.05, 3.63) is 59.7 Å². The average molecular weight is 342 g/mol. The molecule has 2 aromatic rings. The number of thioether (sulfide) groups is 1. The summed E-state index contributed by atoms with van der Waals surface area (Å²) in [5, 5.41) is 3.07. The highest BCUT2D eigenvalue weighted by Crippen LogP contribution is 2.36. The second kappa shape index (κ2) is 7.40. The van der Waals surface area contributed by atoms with Gasteiger partial charge in [0.1, 0.15) is 5.75 Å². The van der Waals surface area contributed by atoms with Gasteiger partial charge in [0.25, 0.3) is 11.8 Å². The van der Waals surface area contributed by atoms with Crippen LogP contribution in [0.5, 0.6) is 5.75 Å². The Morgan fingerprint density at radius 3 is 2.75 bits per heavy atom. The monoisotopic (exact) mass is 342 g/mol. The van der Waals surface area contributed by atoms with Crippen LogP contribution in [0.1, 0.15) is 28.4 Å². The zero-order valence-corrected chi connectivity index (χ0v) is 13.8. The summed E-state index contributed by atoms with van der Waals surface area (Å²) in [6.45, 7) is -0.257. The van der Waals surface area contributed by atoms with Crippen molar-refractivity contribution in [3.63, 3.8) is 0 Å². The van der Waals surface area contributed by atoms with E-state index in [-0.39, 0.29) is 18.6 Å².